The average Bonchev–Trinajstić information content (AvgIpc) is 3.16. The van der Waals surface area contributed by atoms with Gasteiger partial charge in [0.25, 0.3) is 11.8 Å². The van der Waals surface area contributed by atoms with E-state index < -0.39 is 0 Å². The van der Waals surface area contributed by atoms with Crippen LogP contribution in [0.15, 0.2) is 58.0 Å². The lowest BCUT2D eigenvalue weighted by Gasteiger charge is -2.13. The predicted octanol–water partition coefficient (Wildman–Crippen LogP) is 5.36. The van der Waals surface area contributed by atoms with E-state index in [2.05, 4.69) is 15.8 Å². The van der Waals surface area contributed by atoms with Gasteiger partial charge in [-0.3, -0.25) is 9.59 Å². The Labute approximate surface area is 196 Å². The number of hydrazone groups is 1. The van der Waals surface area contributed by atoms with Gasteiger partial charge in [-0.05, 0) is 75.2 Å². The molecule has 0 saturated carbocycles. The van der Waals surface area contributed by atoms with Crippen molar-refractivity contribution < 1.29 is 18.7 Å². The molecule has 3 aromatic rings. The van der Waals surface area contributed by atoms with Gasteiger partial charge in [-0.25, -0.2) is 5.43 Å². The molecule has 2 amide bonds. The lowest BCUT2D eigenvalue weighted by Crippen LogP contribution is -2.22. The molecule has 0 saturated heterocycles. The van der Waals surface area contributed by atoms with Crippen LogP contribution in [-0.2, 0) is 6.42 Å². The van der Waals surface area contributed by atoms with E-state index >= 15 is 0 Å². The van der Waals surface area contributed by atoms with E-state index in [-0.39, 0.29) is 17.6 Å². The molecule has 0 unspecified atom stereocenters. The lowest BCUT2D eigenvalue weighted by atomic mass is 9.93. The third-order valence-corrected chi connectivity index (χ3v) is 5.61. The van der Waals surface area contributed by atoms with Crippen LogP contribution in [0.4, 0.5) is 5.69 Å². The summed E-state index contributed by atoms with van der Waals surface area (Å²) in [6.07, 6.45) is 2.19. The van der Waals surface area contributed by atoms with Crippen LogP contribution in [0.2, 0.25) is 5.02 Å². The molecule has 170 valence electrons. The molecular formula is C25H24ClN3O4. The molecule has 8 heteroatoms. The highest BCUT2D eigenvalue weighted by Gasteiger charge is 2.28. The number of amides is 2. The number of rotatable bonds is 6. The van der Waals surface area contributed by atoms with Gasteiger partial charge >= 0.3 is 0 Å². The number of ether oxygens (including phenoxy) is 1. The normalized spacial score (nSPS) is 14.0. The van der Waals surface area contributed by atoms with Gasteiger partial charge in [0, 0.05) is 33.8 Å². The highest BCUT2D eigenvalue weighted by Crippen LogP contribution is 2.30. The van der Waals surface area contributed by atoms with Crippen molar-refractivity contribution in [1.82, 2.24) is 5.43 Å². The highest BCUT2D eigenvalue weighted by molar-refractivity contribution is 6.30. The number of carbonyl (C=O) groups is 2. The number of fused-ring (bicyclic) bond motifs is 1. The SMILES string of the molecule is CCOc1ccc(NC(=O)c2oc3c(c2C)/C(=N/NC(=O)c2ccc(Cl)cc2)CCC3)cc1. The average molecular weight is 466 g/mol. The van der Waals surface area contributed by atoms with Crippen LogP contribution in [0.25, 0.3) is 0 Å². The second kappa shape index (κ2) is 9.92. The number of furan rings is 1. The number of hydrogen-bond acceptors (Lipinski definition) is 5. The number of carbonyl (C=O) groups excluding carboxylic acids is 2. The summed E-state index contributed by atoms with van der Waals surface area (Å²) in [5.41, 5.74) is 5.88. The minimum atomic E-state index is -0.337. The van der Waals surface area contributed by atoms with E-state index in [4.69, 9.17) is 20.8 Å². The number of aryl methyl sites for hydroxylation is 1. The van der Waals surface area contributed by atoms with E-state index in [1.54, 1.807) is 48.5 Å². The highest BCUT2D eigenvalue weighted by atomic mass is 35.5. The van der Waals surface area contributed by atoms with E-state index in [0.29, 0.717) is 52.8 Å². The van der Waals surface area contributed by atoms with Gasteiger partial charge in [0.05, 0.1) is 12.3 Å². The number of nitrogens with zero attached hydrogens (tertiary/aromatic N) is 1. The number of hydrogen-bond donors (Lipinski definition) is 2. The van der Waals surface area contributed by atoms with Crippen molar-refractivity contribution in [2.45, 2.75) is 33.1 Å². The fraction of sp³-hybridized carbons (Fsp3) is 0.240. The summed E-state index contributed by atoms with van der Waals surface area (Å²) in [7, 11) is 0. The monoisotopic (exact) mass is 465 g/mol. The smallest absolute Gasteiger partial charge is 0.291 e. The predicted molar refractivity (Wildman–Crippen MR) is 127 cm³/mol. The first-order valence-corrected chi connectivity index (χ1v) is 11.1. The standard InChI is InChI=1S/C25H24ClN3O4/c1-3-32-19-13-11-18(12-14-19)27-25(31)23-15(2)22-20(5-4-6-21(22)33-23)28-29-24(30)16-7-9-17(26)10-8-16/h7-14H,3-6H2,1-2H3,(H,27,31)(H,29,30)/b28-20+. The van der Waals surface area contributed by atoms with Crippen LogP contribution >= 0.6 is 11.6 Å². The van der Waals surface area contributed by atoms with Crippen molar-refractivity contribution in [3.05, 3.63) is 81.8 Å². The van der Waals surface area contributed by atoms with Gasteiger partial charge in [0.15, 0.2) is 5.76 Å². The fourth-order valence-electron chi connectivity index (χ4n) is 3.77. The van der Waals surface area contributed by atoms with Gasteiger partial charge in [0.1, 0.15) is 11.5 Å². The molecular weight excluding hydrogens is 442 g/mol. The molecule has 7 nitrogen and oxygen atoms in total. The van der Waals surface area contributed by atoms with Crippen LogP contribution in [-0.4, -0.2) is 24.1 Å². The molecule has 33 heavy (non-hydrogen) atoms. The maximum absolute atomic E-state index is 12.9. The largest absolute Gasteiger partial charge is 0.494 e. The maximum atomic E-state index is 12.9. The summed E-state index contributed by atoms with van der Waals surface area (Å²) in [6, 6.07) is 13.7. The third kappa shape index (κ3) is 5.09. The summed E-state index contributed by atoms with van der Waals surface area (Å²) >= 11 is 5.88. The minimum Gasteiger partial charge on any atom is -0.494 e. The molecule has 0 fully saturated rings. The molecule has 0 bridgehead atoms. The first kappa shape index (κ1) is 22.6. The Kier molecular flexibility index (Phi) is 6.79. The van der Waals surface area contributed by atoms with Gasteiger partial charge in [-0.2, -0.15) is 5.10 Å². The summed E-state index contributed by atoms with van der Waals surface area (Å²) in [5.74, 6) is 1.01. The first-order valence-electron chi connectivity index (χ1n) is 10.8. The van der Waals surface area contributed by atoms with Crippen molar-refractivity contribution in [3.63, 3.8) is 0 Å². The van der Waals surface area contributed by atoms with Gasteiger partial charge < -0.3 is 14.5 Å². The van der Waals surface area contributed by atoms with Crippen molar-refractivity contribution >= 4 is 34.8 Å². The van der Waals surface area contributed by atoms with Crippen LogP contribution < -0.4 is 15.5 Å². The second-order valence-corrected chi connectivity index (χ2v) is 8.06. The molecule has 1 aromatic heterocycles. The van der Waals surface area contributed by atoms with E-state index in [1.165, 1.54) is 0 Å². The van der Waals surface area contributed by atoms with Gasteiger partial charge in [-0.15, -0.1) is 0 Å². The third-order valence-electron chi connectivity index (χ3n) is 5.35. The zero-order chi connectivity index (χ0) is 23.4. The molecule has 0 spiro atoms. The fourth-order valence-corrected chi connectivity index (χ4v) is 3.90. The van der Waals surface area contributed by atoms with Crippen molar-refractivity contribution in [1.29, 1.82) is 0 Å². The molecule has 2 N–H and O–H groups in total. The van der Waals surface area contributed by atoms with Gasteiger partial charge in [0.2, 0.25) is 0 Å². The quantitative estimate of drug-likeness (QED) is 0.479. The zero-order valence-electron chi connectivity index (χ0n) is 18.4. The molecule has 0 radical (unpaired) electrons. The Balaban J connectivity index is 1.52. The number of anilines is 1. The van der Waals surface area contributed by atoms with Gasteiger partial charge in [-0.1, -0.05) is 11.6 Å². The summed E-state index contributed by atoms with van der Waals surface area (Å²) in [5, 5.41) is 7.76. The summed E-state index contributed by atoms with van der Waals surface area (Å²) < 4.78 is 11.4. The van der Waals surface area contributed by atoms with Crippen LogP contribution in [0.3, 0.4) is 0 Å². The Morgan fingerprint density at radius 3 is 2.48 bits per heavy atom. The maximum Gasteiger partial charge on any atom is 0.291 e. The molecule has 0 aliphatic heterocycles. The number of nitrogens with one attached hydrogen (secondary N) is 2. The molecule has 0 atom stereocenters. The summed E-state index contributed by atoms with van der Waals surface area (Å²) in [6.45, 7) is 4.32. The topological polar surface area (TPSA) is 92.9 Å². The van der Waals surface area contributed by atoms with Crippen LogP contribution in [0.1, 0.15) is 57.6 Å². The molecule has 4 rings (SSSR count). The van der Waals surface area contributed by atoms with E-state index in [9.17, 15) is 9.59 Å². The number of benzene rings is 2. The Hall–Kier alpha value is -3.58. The van der Waals surface area contributed by atoms with Crippen molar-refractivity contribution in [3.8, 4) is 5.75 Å². The molecule has 1 aliphatic carbocycles. The first-order chi connectivity index (χ1) is 16.0. The van der Waals surface area contributed by atoms with Crippen molar-refractivity contribution in [2.75, 3.05) is 11.9 Å². The lowest BCUT2D eigenvalue weighted by molar-refractivity contribution is 0.0953. The van der Waals surface area contributed by atoms with E-state index in [0.717, 1.165) is 17.7 Å². The Morgan fingerprint density at radius 1 is 1.06 bits per heavy atom. The minimum absolute atomic E-state index is 0.243. The molecule has 2 aromatic carbocycles. The second-order valence-electron chi connectivity index (χ2n) is 7.63. The molecule has 1 aliphatic rings. The Bertz CT molecular complexity index is 1200. The van der Waals surface area contributed by atoms with Crippen LogP contribution in [0, 0.1) is 6.92 Å². The van der Waals surface area contributed by atoms with E-state index in [1.807, 2.05) is 13.8 Å². The Morgan fingerprint density at radius 2 is 1.79 bits per heavy atom. The van der Waals surface area contributed by atoms with Crippen LogP contribution in [0.5, 0.6) is 5.75 Å². The summed E-state index contributed by atoms with van der Waals surface area (Å²) in [4.78, 5) is 25.3. The number of halogens is 1. The zero-order valence-corrected chi connectivity index (χ0v) is 19.2. The molecule has 1 heterocycles. The van der Waals surface area contributed by atoms with Crippen molar-refractivity contribution in [2.24, 2.45) is 5.10 Å².